The van der Waals surface area contributed by atoms with Crippen LogP contribution in [0.3, 0.4) is 0 Å². The molecule has 0 bridgehead atoms. The summed E-state index contributed by atoms with van der Waals surface area (Å²) in [4.78, 5) is 10.7. The average Bonchev–Trinajstić information content (AvgIpc) is 2.80. The van der Waals surface area contributed by atoms with Crippen molar-refractivity contribution >= 4 is 27.4 Å². The lowest BCUT2D eigenvalue weighted by Gasteiger charge is -2.09. The topological polar surface area (TPSA) is 136 Å². The normalized spacial score (nSPS) is 11.2. The van der Waals surface area contributed by atoms with E-state index in [4.69, 9.17) is 10.8 Å². The van der Waals surface area contributed by atoms with E-state index in [0.717, 1.165) is 24.6 Å². The van der Waals surface area contributed by atoms with Gasteiger partial charge in [-0.25, -0.2) is 13.2 Å². The summed E-state index contributed by atoms with van der Waals surface area (Å²) >= 11 is 0. The van der Waals surface area contributed by atoms with Gasteiger partial charge in [-0.2, -0.15) is 0 Å². The molecule has 8 nitrogen and oxygen atoms in total. The van der Waals surface area contributed by atoms with Gasteiger partial charge in [0.05, 0.1) is 11.8 Å². The standard InChI is InChI=1S/C10H9N3O5S/c11-6-1-2-9(8(3-6)10(14)15)19(16,17)13-7-4-12-18-5-7/h1-5,13H,11H2,(H,14,15). The molecule has 2 aromatic rings. The van der Waals surface area contributed by atoms with Crippen molar-refractivity contribution in [3.8, 4) is 0 Å². The number of carboxylic acid groups (broad SMARTS) is 1. The second-order valence-electron chi connectivity index (χ2n) is 3.58. The molecule has 1 aromatic heterocycles. The maximum atomic E-state index is 12.1. The van der Waals surface area contributed by atoms with E-state index in [2.05, 4.69) is 14.4 Å². The molecule has 0 fully saturated rings. The fourth-order valence-corrected chi connectivity index (χ4v) is 2.62. The summed E-state index contributed by atoms with van der Waals surface area (Å²) in [7, 11) is -4.06. The first-order chi connectivity index (χ1) is 8.90. The molecular weight excluding hydrogens is 274 g/mol. The molecule has 0 aliphatic carbocycles. The molecule has 0 aliphatic heterocycles. The summed E-state index contributed by atoms with van der Waals surface area (Å²) in [6.07, 6.45) is 2.23. The summed E-state index contributed by atoms with van der Waals surface area (Å²) in [6.45, 7) is 0. The van der Waals surface area contributed by atoms with Gasteiger partial charge < -0.3 is 15.4 Å². The van der Waals surface area contributed by atoms with Gasteiger partial charge in [0.15, 0.2) is 0 Å². The zero-order valence-corrected chi connectivity index (χ0v) is 10.2. The highest BCUT2D eigenvalue weighted by atomic mass is 32.2. The minimum absolute atomic E-state index is 0.0909. The van der Waals surface area contributed by atoms with Crippen molar-refractivity contribution in [1.29, 1.82) is 0 Å². The van der Waals surface area contributed by atoms with Crippen molar-refractivity contribution in [2.45, 2.75) is 4.90 Å². The van der Waals surface area contributed by atoms with Gasteiger partial charge >= 0.3 is 5.97 Å². The number of benzene rings is 1. The Hall–Kier alpha value is -2.55. The third-order valence-electron chi connectivity index (χ3n) is 2.21. The summed E-state index contributed by atoms with van der Waals surface area (Å²) in [5.41, 5.74) is 5.27. The van der Waals surface area contributed by atoms with Crippen molar-refractivity contribution in [3.63, 3.8) is 0 Å². The summed E-state index contributed by atoms with van der Waals surface area (Å²) in [5, 5.41) is 12.3. The van der Waals surface area contributed by atoms with E-state index < -0.39 is 26.5 Å². The third kappa shape index (κ3) is 2.65. The van der Waals surface area contributed by atoms with E-state index in [1.807, 2.05) is 0 Å². The number of aromatic carboxylic acids is 1. The molecule has 0 radical (unpaired) electrons. The molecule has 0 amide bonds. The minimum Gasteiger partial charge on any atom is -0.478 e. The van der Waals surface area contributed by atoms with E-state index in [1.54, 1.807) is 0 Å². The quantitative estimate of drug-likeness (QED) is 0.704. The minimum atomic E-state index is -4.06. The fraction of sp³-hybridized carbons (Fsp3) is 0. The molecule has 4 N–H and O–H groups in total. The first-order valence-corrected chi connectivity index (χ1v) is 6.43. The van der Waals surface area contributed by atoms with Gasteiger partial charge in [0.25, 0.3) is 10.0 Å². The first kappa shape index (κ1) is 12.9. The number of aromatic nitrogens is 1. The molecular formula is C10H9N3O5S. The molecule has 0 atom stereocenters. The zero-order valence-electron chi connectivity index (χ0n) is 9.40. The molecule has 0 saturated heterocycles. The number of sulfonamides is 1. The number of hydrogen-bond donors (Lipinski definition) is 3. The van der Waals surface area contributed by atoms with Gasteiger partial charge in [-0.3, -0.25) is 4.72 Å². The fourth-order valence-electron chi connectivity index (χ4n) is 1.41. The molecule has 1 heterocycles. The molecule has 9 heteroatoms. The Labute approximate surface area is 107 Å². The highest BCUT2D eigenvalue weighted by molar-refractivity contribution is 7.92. The average molecular weight is 283 g/mol. The number of hydrogen-bond acceptors (Lipinski definition) is 6. The monoisotopic (exact) mass is 283 g/mol. The lowest BCUT2D eigenvalue weighted by Crippen LogP contribution is -2.16. The molecule has 1 aromatic carbocycles. The summed E-state index contributed by atoms with van der Waals surface area (Å²) < 4.78 is 30.7. The number of carbonyl (C=O) groups is 1. The highest BCUT2D eigenvalue weighted by Gasteiger charge is 2.23. The summed E-state index contributed by atoms with van der Waals surface area (Å²) in [6, 6.07) is 3.49. The van der Waals surface area contributed by atoms with Crippen molar-refractivity contribution in [1.82, 2.24) is 5.16 Å². The number of rotatable bonds is 4. The predicted molar refractivity (Wildman–Crippen MR) is 65.1 cm³/mol. The van der Waals surface area contributed by atoms with Crippen LogP contribution in [0.25, 0.3) is 0 Å². The third-order valence-corrected chi connectivity index (χ3v) is 3.65. The second kappa shape index (κ2) is 4.61. The number of carboxylic acids is 1. The molecule has 100 valence electrons. The van der Waals surface area contributed by atoms with Crippen LogP contribution in [0.1, 0.15) is 10.4 Å². The molecule has 19 heavy (non-hydrogen) atoms. The Morgan fingerprint density at radius 3 is 2.74 bits per heavy atom. The van der Waals surface area contributed by atoms with Crippen LogP contribution < -0.4 is 10.5 Å². The van der Waals surface area contributed by atoms with Crippen LogP contribution in [-0.2, 0) is 10.0 Å². The van der Waals surface area contributed by atoms with Gasteiger partial charge in [-0.15, -0.1) is 0 Å². The van der Waals surface area contributed by atoms with Crippen LogP contribution in [0.5, 0.6) is 0 Å². The molecule has 0 unspecified atom stereocenters. The predicted octanol–water partition coefficient (Wildman–Crippen LogP) is 0.756. The zero-order chi connectivity index (χ0) is 14.0. The number of nitrogen functional groups attached to an aromatic ring is 1. The Kier molecular flexibility index (Phi) is 3.13. The van der Waals surface area contributed by atoms with Gasteiger partial charge in [0, 0.05) is 5.69 Å². The lowest BCUT2D eigenvalue weighted by molar-refractivity contribution is 0.0692. The van der Waals surface area contributed by atoms with E-state index in [0.29, 0.717) is 0 Å². The molecule has 2 rings (SSSR count). The maximum Gasteiger partial charge on any atom is 0.337 e. The van der Waals surface area contributed by atoms with Crippen LogP contribution in [0.4, 0.5) is 11.4 Å². The van der Waals surface area contributed by atoms with Crippen molar-refractivity contribution in [2.24, 2.45) is 0 Å². The smallest absolute Gasteiger partial charge is 0.337 e. The molecule has 0 spiro atoms. The number of nitrogens with two attached hydrogens (primary N) is 1. The highest BCUT2D eigenvalue weighted by Crippen LogP contribution is 2.21. The molecule has 0 saturated carbocycles. The van der Waals surface area contributed by atoms with Gasteiger partial charge in [-0.05, 0) is 18.2 Å². The van der Waals surface area contributed by atoms with E-state index in [-0.39, 0.29) is 11.4 Å². The number of nitrogens with one attached hydrogen (secondary N) is 1. The van der Waals surface area contributed by atoms with E-state index >= 15 is 0 Å². The Morgan fingerprint density at radius 1 is 1.42 bits per heavy atom. The SMILES string of the molecule is Nc1ccc(S(=O)(=O)Nc2cnoc2)c(C(=O)O)c1. The van der Waals surface area contributed by atoms with Crippen molar-refractivity contribution < 1.29 is 22.8 Å². The van der Waals surface area contributed by atoms with Crippen molar-refractivity contribution in [3.05, 3.63) is 36.2 Å². The second-order valence-corrected chi connectivity index (χ2v) is 5.23. The number of nitrogens with zero attached hydrogens (tertiary/aromatic N) is 1. The summed E-state index contributed by atoms with van der Waals surface area (Å²) in [5.74, 6) is -1.39. The first-order valence-electron chi connectivity index (χ1n) is 4.95. The van der Waals surface area contributed by atoms with Gasteiger partial charge in [-0.1, -0.05) is 5.16 Å². The van der Waals surface area contributed by atoms with Gasteiger partial charge in [0.1, 0.15) is 16.8 Å². The van der Waals surface area contributed by atoms with Gasteiger partial charge in [0.2, 0.25) is 0 Å². The number of anilines is 2. The Morgan fingerprint density at radius 2 is 2.16 bits per heavy atom. The maximum absolute atomic E-state index is 12.1. The Balaban J connectivity index is 2.49. The van der Waals surface area contributed by atoms with Crippen LogP contribution in [0, 0.1) is 0 Å². The molecule has 0 aliphatic rings. The van der Waals surface area contributed by atoms with Crippen LogP contribution >= 0.6 is 0 Å². The van der Waals surface area contributed by atoms with E-state index in [9.17, 15) is 13.2 Å². The lowest BCUT2D eigenvalue weighted by atomic mass is 10.2. The van der Waals surface area contributed by atoms with Crippen LogP contribution in [0.15, 0.2) is 40.1 Å². The Bertz CT molecular complexity index is 709. The van der Waals surface area contributed by atoms with Crippen LogP contribution in [-0.4, -0.2) is 24.7 Å². The van der Waals surface area contributed by atoms with E-state index in [1.165, 1.54) is 6.07 Å². The van der Waals surface area contributed by atoms with Crippen LogP contribution in [0.2, 0.25) is 0 Å². The van der Waals surface area contributed by atoms with Crippen molar-refractivity contribution in [2.75, 3.05) is 10.5 Å². The largest absolute Gasteiger partial charge is 0.478 e.